The number of ether oxygens (including phenoxy) is 5. The van der Waals surface area contributed by atoms with E-state index in [4.69, 9.17) is 23.7 Å². The Labute approximate surface area is 235 Å². The highest BCUT2D eigenvalue weighted by molar-refractivity contribution is 5.83. The predicted octanol–water partition coefficient (Wildman–Crippen LogP) is 4.51. The van der Waals surface area contributed by atoms with Crippen molar-refractivity contribution in [3.8, 4) is 0 Å². The van der Waals surface area contributed by atoms with Crippen LogP contribution < -0.4 is 5.32 Å². The van der Waals surface area contributed by atoms with Crippen LogP contribution >= 0.6 is 0 Å². The Morgan fingerprint density at radius 1 is 0.923 bits per heavy atom. The average Bonchev–Trinajstić information content (AvgIpc) is 2.86. The third kappa shape index (κ3) is 13.7. The van der Waals surface area contributed by atoms with Gasteiger partial charge in [0, 0.05) is 32.0 Å². The molecule has 1 N–H and O–H groups in total. The molecule has 9 heteroatoms. The minimum atomic E-state index is -1.19. The Morgan fingerprint density at radius 2 is 1.56 bits per heavy atom. The number of esters is 1. The lowest BCUT2D eigenvalue weighted by atomic mass is 9.91. The van der Waals surface area contributed by atoms with Gasteiger partial charge in [-0.1, -0.05) is 6.07 Å². The summed E-state index contributed by atoms with van der Waals surface area (Å²) >= 11 is 0. The van der Waals surface area contributed by atoms with Gasteiger partial charge in [-0.05, 0) is 87.3 Å². The number of hydrogen-bond acceptors (Lipinski definition) is 8. The number of aromatic nitrogens is 1. The number of pyridine rings is 1. The molecule has 0 saturated heterocycles. The van der Waals surface area contributed by atoms with Crippen LogP contribution in [0.3, 0.4) is 0 Å². The van der Waals surface area contributed by atoms with Gasteiger partial charge in [0.2, 0.25) is 5.91 Å². The van der Waals surface area contributed by atoms with Gasteiger partial charge in [0.1, 0.15) is 12.0 Å². The number of carbonyl (C=O) groups is 2. The quantitative estimate of drug-likeness (QED) is 0.250. The summed E-state index contributed by atoms with van der Waals surface area (Å²) in [6.07, 6.45) is 3.60. The average molecular weight is 553 g/mol. The lowest BCUT2D eigenvalue weighted by Gasteiger charge is -2.32. The van der Waals surface area contributed by atoms with Crippen molar-refractivity contribution >= 4 is 11.9 Å². The summed E-state index contributed by atoms with van der Waals surface area (Å²) in [5.74, 6) is -0.790. The van der Waals surface area contributed by atoms with Gasteiger partial charge in [-0.15, -0.1) is 0 Å². The molecule has 0 aliphatic rings. The summed E-state index contributed by atoms with van der Waals surface area (Å²) in [7, 11) is 1.69. The van der Waals surface area contributed by atoms with Crippen molar-refractivity contribution in [1.82, 2.24) is 10.3 Å². The summed E-state index contributed by atoms with van der Waals surface area (Å²) in [5.41, 5.74) is -2.04. The molecule has 1 aromatic rings. The first-order chi connectivity index (χ1) is 18.0. The van der Waals surface area contributed by atoms with Crippen molar-refractivity contribution in [3.05, 3.63) is 30.1 Å². The standard InChI is InChI=1S/C30H52N2O7/c1-23(2)36-21-30(9,25(33)32-18-14-24-13-11-12-17-31-24)22-37-26(34)29(7,8)39-20-16-28(5,6)38-19-15-27(3,4)35-10/h11-13,17,23H,14-16,18-22H2,1-10H3,(H,32,33). The fourth-order valence-electron chi connectivity index (χ4n) is 3.34. The Kier molecular flexibility index (Phi) is 14.0. The van der Waals surface area contributed by atoms with E-state index in [2.05, 4.69) is 10.3 Å². The highest BCUT2D eigenvalue weighted by atomic mass is 16.6. The molecular formula is C30H52N2O7. The molecule has 1 aromatic heterocycles. The molecule has 224 valence electrons. The van der Waals surface area contributed by atoms with Gasteiger partial charge in [0.15, 0.2) is 5.60 Å². The van der Waals surface area contributed by atoms with Crippen LogP contribution in [0.4, 0.5) is 0 Å². The second-order valence-electron chi connectivity index (χ2n) is 12.3. The molecule has 1 unspecified atom stereocenters. The van der Waals surface area contributed by atoms with Crippen molar-refractivity contribution in [2.24, 2.45) is 5.41 Å². The van der Waals surface area contributed by atoms with Crippen molar-refractivity contribution < 1.29 is 33.3 Å². The van der Waals surface area contributed by atoms with Gasteiger partial charge in [-0.2, -0.15) is 0 Å². The molecule has 0 radical (unpaired) electrons. The lowest BCUT2D eigenvalue weighted by Crippen LogP contribution is -2.48. The van der Waals surface area contributed by atoms with Gasteiger partial charge in [0.05, 0.1) is 37.1 Å². The Hall–Kier alpha value is -2.07. The second kappa shape index (κ2) is 15.6. The molecule has 0 fully saturated rings. The van der Waals surface area contributed by atoms with Gasteiger partial charge < -0.3 is 29.0 Å². The monoisotopic (exact) mass is 552 g/mol. The third-order valence-electron chi connectivity index (χ3n) is 6.61. The van der Waals surface area contributed by atoms with E-state index < -0.39 is 22.6 Å². The van der Waals surface area contributed by atoms with E-state index in [1.54, 1.807) is 34.1 Å². The number of nitrogens with zero attached hydrogens (tertiary/aromatic N) is 1. The van der Waals surface area contributed by atoms with E-state index in [9.17, 15) is 9.59 Å². The summed E-state index contributed by atoms with van der Waals surface area (Å²) in [6.45, 7) is 18.1. The summed E-state index contributed by atoms with van der Waals surface area (Å²) in [4.78, 5) is 30.4. The van der Waals surface area contributed by atoms with Crippen LogP contribution in [0.5, 0.6) is 0 Å². The Balaban J connectivity index is 2.63. The minimum absolute atomic E-state index is 0.0766. The van der Waals surface area contributed by atoms with Gasteiger partial charge in [0.25, 0.3) is 0 Å². The molecule has 1 heterocycles. The van der Waals surface area contributed by atoms with Crippen LogP contribution in [-0.2, 0) is 39.7 Å². The van der Waals surface area contributed by atoms with Crippen molar-refractivity contribution in [2.75, 3.05) is 40.1 Å². The van der Waals surface area contributed by atoms with E-state index >= 15 is 0 Å². The second-order valence-corrected chi connectivity index (χ2v) is 12.3. The van der Waals surface area contributed by atoms with Crippen LogP contribution in [0.2, 0.25) is 0 Å². The molecule has 1 amide bonds. The normalized spacial score (nSPS) is 14.2. The maximum absolute atomic E-state index is 13.1. The fraction of sp³-hybridized carbons (Fsp3) is 0.767. The van der Waals surface area contributed by atoms with Crippen LogP contribution in [0.1, 0.15) is 80.8 Å². The number of nitrogens with one attached hydrogen (secondary N) is 1. The predicted molar refractivity (Wildman–Crippen MR) is 151 cm³/mol. The molecule has 9 nitrogen and oxygen atoms in total. The summed E-state index contributed by atoms with van der Waals surface area (Å²) in [6, 6.07) is 5.67. The van der Waals surface area contributed by atoms with Crippen LogP contribution in [0.25, 0.3) is 0 Å². The number of amides is 1. The molecule has 0 spiro atoms. The van der Waals surface area contributed by atoms with Crippen molar-refractivity contribution in [2.45, 2.75) is 104 Å². The first-order valence-electron chi connectivity index (χ1n) is 13.8. The first-order valence-corrected chi connectivity index (χ1v) is 13.8. The van der Waals surface area contributed by atoms with Crippen LogP contribution in [0, 0.1) is 5.41 Å². The zero-order valence-electron chi connectivity index (χ0n) is 25.8. The Bertz CT molecular complexity index is 871. The summed E-state index contributed by atoms with van der Waals surface area (Å²) in [5, 5.41) is 2.94. The smallest absolute Gasteiger partial charge is 0.337 e. The minimum Gasteiger partial charge on any atom is -0.462 e. The zero-order chi connectivity index (χ0) is 29.7. The van der Waals surface area contributed by atoms with Crippen molar-refractivity contribution in [3.63, 3.8) is 0 Å². The molecule has 1 rings (SSSR count). The number of rotatable bonds is 19. The van der Waals surface area contributed by atoms with Gasteiger partial charge in [-0.25, -0.2) is 4.79 Å². The van der Waals surface area contributed by atoms with Crippen molar-refractivity contribution in [1.29, 1.82) is 0 Å². The summed E-state index contributed by atoms with van der Waals surface area (Å²) < 4.78 is 28.8. The molecule has 0 bridgehead atoms. The largest absolute Gasteiger partial charge is 0.462 e. The molecule has 1 atom stereocenters. The number of carbonyl (C=O) groups excluding carboxylic acids is 2. The maximum atomic E-state index is 13.1. The molecule has 0 aromatic carbocycles. The molecule has 0 saturated carbocycles. The van der Waals surface area contributed by atoms with Gasteiger partial charge in [-0.3, -0.25) is 9.78 Å². The molecule has 39 heavy (non-hydrogen) atoms. The molecule has 0 aliphatic carbocycles. The first kappa shape index (κ1) is 35.0. The molecular weight excluding hydrogens is 500 g/mol. The van der Waals surface area contributed by atoms with Gasteiger partial charge >= 0.3 is 5.97 Å². The Morgan fingerprint density at radius 3 is 2.15 bits per heavy atom. The third-order valence-corrected chi connectivity index (χ3v) is 6.61. The van der Waals surface area contributed by atoms with E-state index in [0.717, 1.165) is 12.1 Å². The fourth-order valence-corrected chi connectivity index (χ4v) is 3.34. The SMILES string of the molecule is COC(C)(C)CCOC(C)(C)CCOC(C)(C)C(=O)OCC(C)(COC(C)C)C(=O)NCCc1ccccn1. The zero-order valence-corrected chi connectivity index (χ0v) is 25.8. The number of methoxy groups -OCH3 is 1. The van der Waals surface area contributed by atoms with E-state index in [1.807, 2.05) is 59.7 Å². The van der Waals surface area contributed by atoms with E-state index in [-0.39, 0.29) is 30.8 Å². The maximum Gasteiger partial charge on any atom is 0.337 e. The topological polar surface area (TPSA) is 105 Å². The highest BCUT2D eigenvalue weighted by Gasteiger charge is 2.39. The van der Waals surface area contributed by atoms with E-state index in [0.29, 0.717) is 32.6 Å². The number of hydrogen-bond donors (Lipinski definition) is 1. The van der Waals surface area contributed by atoms with Crippen LogP contribution in [-0.4, -0.2) is 79.8 Å². The lowest BCUT2D eigenvalue weighted by molar-refractivity contribution is -0.176. The van der Waals surface area contributed by atoms with E-state index in [1.165, 1.54) is 0 Å². The molecule has 0 aliphatic heterocycles. The highest BCUT2D eigenvalue weighted by Crippen LogP contribution is 2.23. The van der Waals surface area contributed by atoms with Crippen LogP contribution in [0.15, 0.2) is 24.4 Å².